The Morgan fingerprint density at radius 1 is 1.13 bits per heavy atom. The van der Waals surface area contributed by atoms with Crippen LogP contribution in [0.1, 0.15) is 17.4 Å². The van der Waals surface area contributed by atoms with Crippen molar-refractivity contribution in [3.05, 3.63) is 46.2 Å². The minimum Gasteiger partial charge on any atom is -0.326 e. The second kappa shape index (κ2) is 4.60. The summed E-state index contributed by atoms with van der Waals surface area (Å²) in [6.45, 7) is 2.81. The maximum Gasteiger partial charge on any atom is 0.0274 e. The average Bonchev–Trinajstić information content (AvgIpc) is 2.78. The van der Waals surface area contributed by atoms with Gasteiger partial charge < -0.3 is 5.73 Å². The molecule has 0 bridgehead atoms. The molecule has 0 aliphatic rings. The maximum absolute atomic E-state index is 5.60. The Labute approximate surface area is 94.6 Å². The molecule has 0 fully saturated rings. The van der Waals surface area contributed by atoms with E-state index in [-0.39, 0.29) is 0 Å². The lowest BCUT2D eigenvalue weighted by Crippen LogP contribution is -1.91. The summed E-state index contributed by atoms with van der Waals surface area (Å²) in [6.07, 6.45) is 1.10. The zero-order valence-corrected chi connectivity index (χ0v) is 9.68. The maximum atomic E-state index is 5.60. The van der Waals surface area contributed by atoms with Gasteiger partial charge in [-0.25, -0.2) is 0 Å². The van der Waals surface area contributed by atoms with E-state index >= 15 is 0 Å². The fourth-order valence-corrected chi connectivity index (χ4v) is 2.35. The van der Waals surface area contributed by atoms with Crippen molar-refractivity contribution < 1.29 is 0 Å². The van der Waals surface area contributed by atoms with Crippen molar-refractivity contribution in [2.45, 2.75) is 19.9 Å². The van der Waals surface area contributed by atoms with E-state index in [9.17, 15) is 0 Å². The predicted molar refractivity (Wildman–Crippen MR) is 67.0 cm³/mol. The Balaban J connectivity index is 2.28. The zero-order valence-electron chi connectivity index (χ0n) is 8.86. The van der Waals surface area contributed by atoms with Crippen LogP contribution in [-0.2, 0) is 13.0 Å². The van der Waals surface area contributed by atoms with E-state index in [0.29, 0.717) is 6.54 Å². The molecule has 0 saturated carbocycles. The van der Waals surface area contributed by atoms with Crippen LogP contribution in [0.25, 0.3) is 11.1 Å². The molecule has 0 amide bonds. The van der Waals surface area contributed by atoms with Crippen molar-refractivity contribution in [2.24, 2.45) is 5.73 Å². The molecule has 2 N–H and O–H groups in total. The van der Waals surface area contributed by atoms with Crippen molar-refractivity contribution in [1.82, 2.24) is 0 Å². The van der Waals surface area contributed by atoms with E-state index in [1.807, 2.05) is 0 Å². The highest BCUT2D eigenvalue weighted by molar-refractivity contribution is 7.10. The molecular weight excluding hydrogens is 202 g/mol. The molecule has 0 unspecified atom stereocenters. The Bertz CT molecular complexity index is 428. The first-order valence-corrected chi connectivity index (χ1v) is 6.08. The normalized spacial score (nSPS) is 10.5. The van der Waals surface area contributed by atoms with Gasteiger partial charge in [0, 0.05) is 11.4 Å². The summed E-state index contributed by atoms with van der Waals surface area (Å²) in [6, 6.07) is 10.9. The number of thiophene rings is 1. The summed E-state index contributed by atoms with van der Waals surface area (Å²) in [7, 11) is 0. The molecule has 0 radical (unpaired) electrons. The largest absolute Gasteiger partial charge is 0.326 e. The van der Waals surface area contributed by atoms with Crippen LogP contribution in [0.15, 0.2) is 35.7 Å². The van der Waals surface area contributed by atoms with Gasteiger partial charge in [-0.15, -0.1) is 11.3 Å². The molecule has 1 aromatic heterocycles. The van der Waals surface area contributed by atoms with Crippen LogP contribution < -0.4 is 5.73 Å². The third-order valence-corrected chi connectivity index (χ3v) is 3.51. The van der Waals surface area contributed by atoms with Crippen LogP contribution >= 0.6 is 11.3 Å². The van der Waals surface area contributed by atoms with Gasteiger partial charge in [0.1, 0.15) is 0 Å². The minimum atomic E-state index is 0.637. The van der Waals surface area contributed by atoms with Gasteiger partial charge in [-0.1, -0.05) is 31.2 Å². The highest BCUT2D eigenvalue weighted by Gasteiger charge is 2.01. The third kappa shape index (κ3) is 2.28. The molecule has 2 aromatic rings. The van der Waals surface area contributed by atoms with Crippen LogP contribution in [-0.4, -0.2) is 0 Å². The molecule has 1 heterocycles. The first-order chi connectivity index (χ1) is 7.33. The lowest BCUT2D eigenvalue weighted by Gasteiger charge is -1.99. The average molecular weight is 217 g/mol. The standard InChI is InChI=1S/C13H15NS/c1-2-10-3-5-11(6-4-10)12-7-13(8-14)15-9-12/h3-7,9H,2,8,14H2,1H3. The van der Waals surface area contributed by atoms with Gasteiger partial charge in [-0.3, -0.25) is 0 Å². The summed E-state index contributed by atoms with van der Waals surface area (Å²) in [5.74, 6) is 0. The zero-order chi connectivity index (χ0) is 10.7. The van der Waals surface area contributed by atoms with Crippen LogP contribution in [0, 0.1) is 0 Å². The van der Waals surface area contributed by atoms with Gasteiger partial charge in [0.2, 0.25) is 0 Å². The Kier molecular flexibility index (Phi) is 3.19. The molecule has 0 aliphatic carbocycles. The lowest BCUT2D eigenvalue weighted by molar-refractivity contribution is 1.11. The molecule has 1 aromatic carbocycles. The summed E-state index contributed by atoms with van der Waals surface area (Å²) in [5.41, 5.74) is 9.54. The molecular formula is C13H15NS. The monoisotopic (exact) mass is 217 g/mol. The molecule has 78 valence electrons. The molecule has 0 spiro atoms. The molecule has 0 saturated heterocycles. The first-order valence-electron chi connectivity index (χ1n) is 5.20. The summed E-state index contributed by atoms with van der Waals surface area (Å²) >= 11 is 1.73. The van der Waals surface area contributed by atoms with Crippen molar-refractivity contribution in [3.8, 4) is 11.1 Å². The summed E-state index contributed by atoms with van der Waals surface area (Å²) in [4.78, 5) is 1.24. The fraction of sp³-hybridized carbons (Fsp3) is 0.231. The smallest absolute Gasteiger partial charge is 0.0274 e. The molecule has 2 rings (SSSR count). The van der Waals surface area contributed by atoms with E-state index < -0.39 is 0 Å². The number of nitrogens with two attached hydrogens (primary N) is 1. The van der Waals surface area contributed by atoms with Crippen LogP contribution in [0.2, 0.25) is 0 Å². The topological polar surface area (TPSA) is 26.0 Å². The fourth-order valence-electron chi connectivity index (χ4n) is 1.57. The number of rotatable bonds is 3. The molecule has 0 aliphatic heterocycles. The van der Waals surface area contributed by atoms with Crippen LogP contribution in [0.5, 0.6) is 0 Å². The highest BCUT2D eigenvalue weighted by atomic mass is 32.1. The summed E-state index contributed by atoms with van der Waals surface area (Å²) in [5, 5.41) is 2.17. The van der Waals surface area contributed by atoms with Crippen LogP contribution in [0.4, 0.5) is 0 Å². The quantitative estimate of drug-likeness (QED) is 0.837. The second-order valence-corrected chi connectivity index (χ2v) is 4.55. The van der Waals surface area contributed by atoms with E-state index in [4.69, 9.17) is 5.73 Å². The van der Waals surface area contributed by atoms with E-state index in [0.717, 1.165) is 6.42 Å². The number of hydrogen-bond donors (Lipinski definition) is 1. The molecule has 2 heteroatoms. The minimum absolute atomic E-state index is 0.637. The van der Waals surface area contributed by atoms with Gasteiger partial charge in [0.05, 0.1) is 0 Å². The number of aryl methyl sites for hydroxylation is 1. The van der Waals surface area contributed by atoms with E-state index in [2.05, 4.69) is 42.6 Å². The second-order valence-electron chi connectivity index (χ2n) is 3.56. The number of benzene rings is 1. The van der Waals surface area contributed by atoms with E-state index in [1.54, 1.807) is 11.3 Å². The van der Waals surface area contributed by atoms with Crippen molar-refractivity contribution >= 4 is 11.3 Å². The van der Waals surface area contributed by atoms with Gasteiger partial charge in [0.25, 0.3) is 0 Å². The van der Waals surface area contributed by atoms with Gasteiger partial charge >= 0.3 is 0 Å². The third-order valence-electron chi connectivity index (χ3n) is 2.55. The highest BCUT2D eigenvalue weighted by Crippen LogP contribution is 2.25. The first kappa shape index (κ1) is 10.4. The molecule has 0 atom stereocenters. The van der Waals surface area contributed by atoms with Crippen molar-refractivity contribution in [3.63, 3.8) is 0 Å². The Morgan fingerprint density at radius 2 is 1.87 bits per heavy atom. The van der Waals surface area contributed by atoms with E-state index in [1.165, 1.54) is 21.6 Å². The molecule has 1 nitrogen and oxygen atoms in total. The van der Waals surface area contributed by atoms with Gasteiger partial charge in [-0.05, 0) is 34.6 Å². The molecule has 15 heavy (non-hydrogen) atoms. The Morgan fingerprint density at radius 3 is 2.40 bits per heavy atom. The SMILES string of the molecule is CCc1ccc(-c2csc(CN)c2)cc1. The number of hydrogen-bond acceptors (Lipinski definition) is 2. The van der Waals surface area contributed by atoms with Gasteiger partial charge in [0.15, 0.2) is 0 Å². The van der Waals surface area contributed by atoms with Crippen LogP contribution in [0.3, 0.4) is 0 Å². The predicted octanol–water partition coefficient (Wildman–Crippen LogP) is 3.44. The lowest BCUT2D eigenvalue weighted by atomic mass is 10.1. The van der Waals surface area contributed by atoms with Crippen molar-refractivity contribution in [2.75, 3.05) is 0 Å². The van der Waals surface area contributed by atoms with Crippen molar-refractivity contribution in [1.29, 1.82) is 0 Å². The Hall–Kier alpha value is -1.12. The van der Waals surface area contributed by atoms with Gasteiger partial charge in [-0.2, -0.15) is 0 Å². The summed E-state index contributed by atoms with van der Waals surface area (Å²) < 4.78 is 0.